The zero-order chi connectivity index (χ0) is 17.7. The summed E-state index contributed by atoms with van der Waals surface area (Å²) in [5.41, 5.74) is 1.11. The van der Waals surface area contributed by atoms with Crippen molar-refractivity contribution in [3.8, 4) is 0 Å². The second-order valence-corrected chi connectivity index (χ2v) is 8.89. The lowest BCUT2D eigenvalue weighted by molar-refractivity contribution is 0.103. The Balaban J connectivity index is 1.45. The molecule has 0 amide bonds. The number of para-hydroxylation sites is 1. The van der Waals surface area contributed by atoms with Crippen molar-refractivity contribution in [2.24, 2.45) is 7.05 Å². The van der Waals surface area contributed by atoms with Gasteiger partial charge in [0.25, 0.3) is 0 Å². The molecule has 3 heterocycles. The molecule has 0 bridgehead atoms. The molecule has 1 atom stereocenters. The van der Waals surface area contributed by atoms with Gasteiger partial charge in [-0.15, -0.1) is 11.3 Å². The number of fused-ring (bicyclic) bond motifs is 1. The van der Waals surface area contributed by atoms with Gasteiger partial charge >= 0.3 is 0 Å². The summed E-state index contributed by atoms with van der Waals surface area (Å²) >= 11 is 7.49. The third kappa shape index (κ3) is 2.92. The second kappa shape index (κ2) is 6.55. The van der Waals surface area contributed by atoms with E-state index in [1.54, 1.807) is 0 Å². The highest BCUT2D eigenvalue weighted by Crippen LogP contribution is 2.39. The predicted molar refractivity (Wildman–Crippen MR) is 107 cm³/mol. The van der Waals surface area contributed by atoms with E-state index in [1.165, 1.54) is 35.4 Å². The van der Waals surface area contributed by atoms with Crippen molar-refractivity contribution in [1.82, 2.24) is 24.2 Å². The molecule has 3 aromatic rings. The minimum atomic E-state index is 0.370. The average molecular weight is 386 g/mol. The monoisotopic (exact) mass is 385 g/mol. The first-order valence-corrected chi connectivity index (χ1v) is 10.7. The van der Waals surface area contributed by atoms with Crippen LogP contribution in [0.2, 0.25) is 0 Å². The Kier molecular flexibility index (Phi) is 4.18. The molecule has 1 saturated heterocycles. The molecule has 0 spiro atoms. The lowest BCUT2D eigenvalue weighted by Crippen LogP contribution is -2.35. The molecule has 2 fully saturated rings. The van der Waals surface area contributed by atoms with Gasteiger partial charge in [0.1, 0.15) is 10.8 Å². The number of hydrogen-bond donors (Lipinski definition) is 0. The van der Waals surface area contributed by atoms with Crippen LogP contribution >= 0.6 is 23.6 Å². The van der Waals surface area contributed by atoms with Crippen molar-refractivity contribution in [3.05, 3.63) is 39.9 Å². The fourth-order valence-corrected chi connectivity index (χ4v) is 5.27. The summed E-state index contributed by atoms with van der Waals surface area (Å²) in [6.45, 7) is 1.84. The molecule has 2 aromatic heterocycles. The third-order valence-corrected chi connectivity index (χ3v) is 7.16. The van der Waals surface area contributed by atoms with Crippen LogP contribution < -0.4 is 0 Å². The van der Waals surface area contributed by atoms with Gasteiger partial charge in [0.15, 0.2) is 4.77 Å². The molecule has 26 heavy (non-hydrogen) atoms. The average Bonchev–Trinajstić information content (AvgIpc) is 3.35. The molecule has 2 aliphatic rings. The standard InChI is InChI=1S/C19H23N5S2/c1-22-17(13-9-10-13)21-24(19(22)25)12-23-11-5-4-7-15(23)18-20-14-6-2-3-8-16(14)26-18/h2-3,6,8,13,15H,4-5,7,9-12H2,1H3/t15-/m1/s1. The van der Waals surface area contributed by atoms with Crippen LogP contribution in [0.15, 0.2) is 24.3 Å². The number of thiazole rings is 1. The first-order chi connectivity index (χ1) is 12.7. The van der Waals surface area contributed by atoms with E-state index >= 15 is 0 Å². The minimum Gasteiger partial charge on any atom is -0.307 e. The smallest absolute Gasteiger partial charge is 0.198 e. The van der Waals surface area contributed by atoms with Gasteiger partial charge in [-0.05, 0) is 50.0 Å². The first-order valence-electron chi connectivity index (χ1n) is 9.44. The second-order valence-electron chi connectivity index (χ2n) is 7.46. The van der Waals surface area contributed by atoms with Gasteiger partial charge in [-0.25, -0.2) is 9.67 Å². The van der Waals surface area contributed by atoms with Gasteiger partial charge in [0, 0.05) is 19.5 Å². The van der Waals surface area contributed by atoms with E-state index in [1.807, 2.05) is 16.0 Å². The van der Waals surface area contributed by atoms with Gasteiger partial charge in [0.05, 0.1) is 22.9 Å². The summed E-state index contributed by atoms with van der Waals surface area (Å²) in [6, 6.07) is 8.81. The fourth-order valence-electron chi connectivity index (χ4n) is 3.94. The molecule has 5 nitrogen and oxygen atoms in total. The molecule has 0 unspecified atom stereocenters. The lowest BCUT2D eigenvalue weighted by atomic mass is 10.0. The zero-order valence-corrected chi connectivity index (χ0v) is 16.6. The van der Waals surface area contributed by atoms with E-state index in [0.717, 1.165) is 35.7 Å². The molecule has 5 rings (SSSR count). The highest BCUT2D eigenvalue weighted by Gasteiger charge is 2.31. The molecule has 0 N–H and O–H groups in total. The Morgan fingerprint density at radius 3 is 2.85 bits per heavy atom. The SMILES string of the molecule is Cn1c(C2CC2)nn(CN2CCCC[C@@H]2c2nc3ccccc3s2)c1=S. The molecule has 1 aliphatic carbocycles. The summed E-state index contributed by atoms with van der Waals surface area (Å²) in [5, 5.41) is 6.09. The number of likely N-dealkylation sites (tertiary alicyclic amines) is 1. The van der Waals surface area contributed by atoms with Crippen molar-refractivity contribution in [2.45, 2.75) is 50.7 Å². The molecule has 0 radical (unpaired) electrons. The number of nitrogens with zero attached hydrogens (tertiary/aromatic N) is 5. The predicted octanol–water partition coefficient (Wildman–Crippen LogP) is 4.62. The van der Waals surface area contributed by atoms with Crippen LogP contribution in [0.5, 0.6) is 0 Å². The van der Waals surface area contributed by atoms with Crippen LogP contribution in [0.3, 0.4) is 0 Å². The minimum absolute atomic E-state index is 0.370. The summed E-state index contributed by atoms with van der Waals surface area (Å²) in [7, 11) is 2.06. The van der Waals surface area contributed by atoms with Crippen LogP contribution in [0, 0.1) is 4.77 Å². The van der Waals surface area contributed by atoms with E-state index in [4.69, 9.17) is 22.3 Å². The van der Waals surface area contributed by atoms with E-state index in [-0.39, 0.29) is 0 Å². The summed E-state index contributed by atoms with van der Waals surface area (Å²) < 4.78 is 6.23. The fraction of sp³-hybridized carbons (Fsp3) is 0.526. The Hall–Kier alpha value is -1.57. The maximum atomic E-state index is 5.66. The van der Waals surface area contributed by atoms with Crippen molar-refractivity contribution < 1.29 is 0 Å². The van der Waals surface area contributed by atoms with Gasteiger partial charge in [-0.1, -0.05) is 18.6 Å². The summed E-state index contributed by atoms with van der Waals surface area (Å²) in [5.74, 6) is 1.77. The quantitative estimate of drug-likeness (QED) is 0.614. The topological polar surface area (TPSA) is 38.9 Å². The number of aromatic nitrogens is 4. The van der Waals surface area contributed by atoms with Crippen LogP contribution in [-0.4, -0.2) is 30.8 Å². The van der Waals surface area contributed by atoms with Crippen LogP contribution in [-0.2, 0) is 13.7 Å². The van der Waals surface area contributed by atoms with Gasteiger partial charge in [-0.2, -0.15) is 5.10 Å². The Morgan fingerprint density at radius 2 is 2.04 bits per heavy atom. The van der Waals surface area contributed by atoms with Crippen LogP contribution in [0.25, 0.3) is 10.2 Å². The van der Waals surface area contributed by atoms with Crippen LogP contribution in [0.4, 0.5) is 0 Å². The first kappa shape index (κ1) is 16.6. The maximum Gasteiger partial charge on any atom is 0.198 e. The summed E-state index contributed by atoms with van der Waals surface area (Å²) in [4.78, 5) is 7.44. The molecular weight excluding hydrogens is 362 g/mol. The Bertz CT molecular complexity index is 964. The number of hydrogen-bond acceptors (Lipinski definition) is 5. The van der Waals surface area contributed by atoms with E-state index < -0.39 is 0 Å². The summed E-state index contributed by atoms with van der Waals surface area (Å²) in [6.07, 6.45) is 6.15. The Labute approximate surface area is 162 Å². The van der Waals surface area contributed by atoms with Crippen molar-refractivity contribution >= 4 is 33.8 Å². The molecule has 1 aliphatic heterocycles. The zero-order valence-electron chi connectivity index (χ0n) is 15.0. The largest absolute Gasteiger partial charge is 0.307 e. The normalized spacial score (nSPS) is 21.5. The van der Waals surface area contributed by atoms with Crippen molar-refractivity contribution in [2.75, 3.05) is 6.54 Å². The third-order valence-electron chi connectivity index (χ3n) is 5.54. The van der Waals surface area contributed by atoms with Gasteiger partial charge < -0.3 is 4.57 Å². The number of benzene rings is 1. The van der Waals surface area contributed by atoms with Crippen LogP contribution in [0.1, 0.15) is 54.9 Å². The maximum absolute atomic E-state index is 5.66. The van der Waals surface area contributed by atoms with Gasteiger partial charge in [0.2, 0.25) is 0 Å². The lowest BCUT2D eigenvalue weighted by Gasteiger charge is -2.34. The number of rotatable bonds is 4. The molecule has 136 valence electrons. The molecular formula is C19H23N5S2. The molecule has 1 saturated carbocycles. The highest BCUT2D eigenvalue weighted by molar-refractivity contribution is 7.71. The Morgan fingerprint density at radius 1 is 1.19 bits per heavy atom. The van der Waals surface area contributed by atoms with E-state index in [9.17, 15) is 0 Å². The molecule has 7 heteroatoms. The van der Waals surface area contributed by atoms with Crippen molar-refractivity contribution in [1.29, 1.82) is 0 Å². The number of piperidine rings is 1. The van der Waals surface area contributed by atoms with Gasteiger partial charge in [-0.3, -0.25) is 4.90 Å². The van der Waals surface area contributed by atoms with Crippen molar-refractivity contribution in [3.63, 3.8) is 0 Å². The molecule has 1 aromatic carbocycles. The highest BCUT2D eigenvalue weighted by atomic mass is 32.1. The van der Waals surface area contributed by atoms with E-state index in [0.29, 0.717) is 12.0 Å². The van der Waals surface area contributed by atoms with E-state index in [2.05, 4.69) is 40.8 Å².